The van der Waals surface area contributed by atoms with Crippen molar-refractivity contribution < 1.29 is 4.74 Å². The molecule has 0 aliphatic rings. The molecule has 1 atom stereocenters. The lowest BCUT2D eigenvalue weighted by molar-refractivity contribution is 0.264. The van der Waals surface area contributed by atoms with Crippen molar-refractivity contribution in [2.24, 2.45) is 23.3 Å². The van der Waals surface area contributed by atoms with Crippen molar-refractivity contribution >= 4 is 0 Å². The van der Waals surface area contributed by atoms with Crippen LogP contribution in [0.2, 0.25) is 0 Å². The number of hydrogen-bond donors (Lipinski definition) is 2. The highest BCUT2D eigenvalue weighted by atomic mass is 16.5. The average molecular weight is 321 g/mol. The van der Waals surface area contributed by atoms with Crippen molar-refractivity contribution in [2.75, 3.05) is 19.7 Å². The van der Waals surface area contributed by atoms with E-state index in [1.165, 1.54) is 11.1 Å². The highest BCUT2D eigenvalue weighted by molar-refractivity contribution is 5.42. The maximum Gasteiger partial charge on any atom is 0.123 e. The second-order valence-electron chi connectivity index (χ2n) is 8.18. The van der Waals surface area contributed by atoms with Gasteiger partial charge in [0.05, 0.1) is 6.61 Å². The molecule has 1 unspecified atom stereocenters. The Bertz CT molecular complexity index is 473. The molecule has 1 aromatic carbocycles. The zero-order valence-electron chi connectivity index (χ0n) is 15.9. The van der Waals surface area contributed by atoms with Crippen LogP contribution in [0.1, 0.15) is 65.0 Å². The van der Waals surface area contributed by atoms with Gasteiger partial charge in [0.25, 0.3) is 0 Å². The summed E-state index contributed by atoms with van der Waals surface area (Å²) in [5.41, 5.74) is 14.3. The Morgan fingerprint density at radius 1 is 1.04 bits per heavy atom. The second-order valence-corrected chi connectivity index (χ2v) is 8.18. The van der Waals surface area contributed by atoms with E-state index in [2.05, 4.69) is 59.7 Å². The lowest BCUT2D eigenvalue weighted by Gasteiger charge is -2.26. The van der Waals surface area contributed by atoms with Gasteiger partial charge in [-0.05, 0) is 59.9 Å². The van der Waals surface area contributed by atoms with E-state index < -0.39 is 0 Å². The van der Waals surface area contributed by atoms with Crippen LogP contribution in [0, 0.1) is 11.8 Å². The minimum Gasteiger partial charge on any atom is -0.493 e. The molecule has 0 radical (unpaired) electrons. The molecule has 0 bridgehead atoms. The van der Waals surface area contributed by atoms with Gasteiger partial charge in [-0.15, -0.1) is 0 Å². The molecule has 0 spiro atoms. The molecule has 0 aliphatic carbocycles. The first-order valence-electron chi connectivity index (χ1n) is 8.86. The molecule has 3 heteroatoms. The predicted molar refractivity (Wildman–Crippen MR) is 100 cm³/mol. The van der Waals surface area contributed by atoms with Crippen LogP contribution >= 0.6 is 0 Å². The van der Waals surface area contributed by atoms with Crippen molar-refractivity contribution in [2.45, 2.75) is 59.3 Å². The van der Waals surface area contributed by atoms with Gasteiger partial charge >= 0.3 is 0 Å². The monoisotopic (exact) mass is 320 g/mol. The van der Waals surface area contributed by atoms with E-state index in [-0.39, 0.29) is 5.41 Å². The standard InChI is InChI=1S/C20H36N2O/c1-14(2)13-23-19-8-7-17(10-18(19)20(4,5)6)15(3)9-16(11-21)12-22/h7-8,10,14-16H,9,11-13,21-22H2,1-6H3. The molecule has 1 rings (SSSR count). The largest absolute Gasteiger partial charge is 0.493 e. The average Bonchev–Trinajstić information content (AvgIpc) is 2.49. The Labute approximate surface area is 142 Å². The van der Waals surface area contributed by atoms with Gasteiger partial charge in [0, 0.05) is 0 Å². The molecule has 1 aromatic rings. The fourth-order valence-corrected chi connectivity index (χ4v) is 2.75. The van der Waals surface area contributed by atoms with E-state index in [1.54, 1.807) is 0 Å². The summed E-state index contributed by atoms with van der Waals surface area (Å²) in [4.78, 5) is 0. The van der Waals surface area contributed by atoms with Crippen LogP contribution in [-0.4, -0.2) is 19.7 Å². The molecule has 3 nitrogen and oxygen atoms in total. The zero-order chi connectivity index (χ0) is 17.6. The van der Waals surface area contributed by atoms with E-state index in [1.807, 2.05) is 0 Å². The van der Waals surface area contributed by atoms with Crippen LogP contribution in [-0.2, 0) is 5.41 Å². The predicted octanol–water partition coefficient (Wildman–Crippen LogP) is 4.05. The third-order valence-electron chi connectivity index (χ3n) is 4.31. The normalized spacial score (nSPS) is 13.7. The Kier molecular flexibility index (Phi) is 7.56. The summed E-state index contributed by atoms with van der Waals surface area (Å²) in [5, 5.41) is 0. The highest BCUT2D eigenvalue weighted by Gasteiger charge is 2.22. The molecule has 0 amide bonds. The van der Waals surface area contributed by atoms with E-state index in [0.29, 0.717) is 30.8 Å². The van der Waals surface area contributed by atoms with Gasteiger partial charge in [0.1, 0.15) is 5.75 Å². The number of hydrogen-bond acceptors (Lipinski definition) is 3. The SMILES string of the molecule is CC(C)COc1ccc(C(C)CC(CN)CN)cc1C(C)(C)C. The first-order valence-corrected chi connectivity index (χ1v) is 8.86. The van der Waals surface area contributed by atoms with Crippen molar-refractivity contribution in [3.8, 4) is 5.75 Å². The van der Waals surface area contributed by atoms with Gasteiger partial charge in [-0.2, -0.15) is 0 Å². The molecule has 0 aliphatic heterocycles. The third-order valence-corrected chi connectivity index (χ3v) is 4.31. The number of benzene rings is 1. The molecular formula is C20H36N2O. The van der Waals surface area contributed by atoms with Crippen molar-refractivity contribution in [1.29, 1.82) is 0 Å². The third kappa shape index (κ3) is 6.15. The first-order chi connectivity index (χ1) is 10.7. The van der Waals surface area contributed by atoms with Gasteiger partial charge < -0.3 is 16.2 Å². The van der Waals surface area contributed by atoms with E-state index >= 15 is 0 Å². The molecule has 0 aromatic heterocycles. The summed E-state index contributed by atoms with van der Waals surface area (Å²) in [6.45, 7) is 15.4. The maximum absolute atomic E-state index is 6.04. The van der Waals surface area contributed by atoms with Crippen molar-refractivity contribution in [3.63, 3.8) is 0 Å². The lowest BCUT2D eigenvalue weighted by atomic mass is 9.82. The minimum absolute atomic E-state index is 0.0587. The number of rotatable bonds is 8. The fraction of sp³-hybridized carbons (Fsp3) is 0.700. The van der Waals surface area contributed by atoms with Gasteiger partial charge in [-0.1, -0.05) is 53.7 Å². The van der Waals surface area contributed by atoms with Crippen LogP contribution < -0.4 is 16.2 Å². The summed E-state index contributed by atoms with van der Waals surface area (Å²) < 4.78 is 6.04. The van der Waals surface area contributed by atoms with Gasteiger partial charge in [0.2, 0.25) is 0 Å². The zero-order valence-corrected chi connectivity index (χ0v) is 15.9. The van der Waals surface area contributed by atoms with E-state index in [4.69, 9.17) is 16.2 Å². The van der Waals surface area contributed by atoms with Crippen molar-refractivity contribution in [1.82, 2.24) is 0 Å². The van der Waals surface area contributed by atoms with Crippen LogP contribution in [0.3, 0.4) is 0 Å². The smallest absolute Gasteiger partial charge is 0.123 e. The number of ether oxygens (including phenoxy) is 1. The summed E-state index contributed by atoms with van der Waals surface area (Å²) >= 11 is 0. The topological polar surface area (TPSA) is 61.3 Å². The van der Waals surface area contributed by atoms with Crippen LogP contribution in [0.25, 0.3) is 0 Å². The lowest BCUT2D eigenvalue weighted by Crippen LogP contribution is -2.24. The molecule has 0 fully saturated rings. The first kappa shape index (κ1) is 20.0. The minimum atomic E-state index is 0.0587. The Balaban J connectivity index is 3.03. The van der Waals surface area contributed by atoms with Gasteiger partial charge in [0.15, 0.2) is 0 Å². The number of nitrogens with two attached hydrogens (primary N) is 2. The summed E-state index contributed by atoms with van der Waals surface area (Å²) in [7, 11) is 0. The second kappa shape index (κ2) is 8.70. The molecule has 4 N–H and O–H groups in total. The molecule has 0 saturated carbocycles. The summed E-state index contributed by atoms with van der Waals surface area (Å²) in [5.74, 6) is 2.37. The van der Waals surface area contributed by atoms with Crippen molar-refractivity contribution in [3.05, 3.63) is 29.3 Å². The van der Waals surface area contributed by atoms with E-state index in [9.17, 15) is 0 Å². The van der Waals surface area contributed by atoms with E-state index in [0.717, 1.165) is 18.8 Å². The van der Waals surface area contributed by atoms with Gasteiger partial charge in [-0.25, -0.2) is 0 Å². The van der Waals surface area contributed by atoms with Crippen LogP contribution in [0.15, 0.2) is 18.2 Å². The Morgan fingerprint density at radius 2 is 1.65 bits per heavy atom. The molecule has 23 heavy (non-hydrogen) atoms. The summed E-state index contributed by atoms with van der Waals surface area (Å²) in [6.07, 6.45) is 1.03. The molecule has 0 heterocycles. The summed E-state index contributed by atoms with van der Waals surface area (Å²) in [6, 6.07) is 6.64. The Hall–Kier alpha value is -1.06. The molecule has 132 valence electrons. The Morgan fingerprint density at radius 3 is 2.13 bits per heavy atom. The quantitative estimate of drug-likeness (QED) is 0.759. The van der Waals surface area contributed by atoms with Crippen LogP contribution in [0.4, 0.5) is 0 Å². The molecule has 0 saturated heterocycles. The molecular weight excluding hydrogens is 284 g/mol. The fourth-order valence-electron chi connectivity index (χ4n) is 2.75. The van der Waals surface area contributed by atoms with Gasteiger partial charge in [-0.3, -0.25) is 0 Å². The van der Waals surface area contributed by atoms with Crippen LogP contribution in [0.5, 0.6) is 5.75 Å². The highest BCUT2D eigenvalue weighted by Crippen LogP contribution is 2.35. The maximum atomic E-state index is 6.04.